The van der Waals surface area contributed by atoms with Crippen molar-refractivity contribution in [3.8, 4) is 0 Å². The van der Waals surface area contributed by atoms with E-state index in [1.165, 1.54) is 36.9 Å². The quantitative estimate of drug-likeness (QED) is 0.571. The van der Waals surface area contributed by atoms with Crippen LogP contribution in [0.15, 0.2) is 127 Å². The molecule has 0 aliphatic heterocycles. The number of rotatable bonds is 3. The third kappa shape index (κ3) is 7.46. The summed E-state index contributed by atoms with van der Waals surface area (Å²) in [5.74, 6) is 0.504. The highest BCUT2D eigenvalue weighted by Gasteiger charge is 2.26. The van der Waals surface area contributed by atoms with Gasteiger partial charge >= 0.3 is 0 Å². The minimum atomic E-state index is 0.437. The first-order valence-corrected chi connectivity index (χ1v) is 10.6. The van der Waals surface area contributed by atoms with Gasteiger partial charge in [0.25, 0.3) is 0 Å². The largest absolute Gasteiger partial charge is 0.382 e. The van der Waals surface area contributed by atoms with Crippen molar-refractivity contribution in [3.05, 3.63) is 127 Å². The Hall–Kier alpha value is -3.06. The molecule has 0 heterocycles. The van der Waals surface area contributed by atoms with Crippen molar-refractivity contribution in [2.24, 2.45) is 5.92 Å². The predicted molar refractivity (Wildman–Crippen MR) is 127 cm³/mol. The molecule has 0 aromatic heterocycles. The van der Waals surface area contributed by atoms with Crippen molar-refractivity contribution in [1.29, 1.82) is 0 Å². The molecule has 2 aliphatic carbocycles. The first kappa shape index (κ1) is 20.7. The summed E-state index contributed by atoms with van der Waals surface area (Å²) in [6.07, 6.45) is 28.4. The van der Waals surface area contributed by atoms with Crippen LogP contribution in [0.2, 0.25) is 0 Å². The fraction of sp³-hybridized carbons (Fsp3) is 0.214. The van der Waals surface area contributed by atoms with Gasteiger partial charge in [-0.25, -0.2) is 0 Å². The zero-order valence-electron chi connectivity index (χ0n) is 17.0. The van der Waals surface area contributed by atoms with E-state index in [4.69, 9.17) is 0 Å². The van der Waals surface area contributed by atoms with E-state index < -0.39 is 0 Å². The lowest BCUT2D eigenvalue weighted by Crippen LogP contribution is -2.33. The molecule has 1 nitrogen and oxygen atoms in total. The summed E-state index contributed by atoms with van der Waals surface area (Å²) < 4.78 is 0. The van der Waals surface area contributed by atoms with Crippen LogP contribution in [0.5, 0.6) is 0 Å². The lowest BCUT2D eigenvalue weighted by atomic mass is 9.79. The summed E-state index contributed by atoms with van der Waals surface area (Å²) in [5, 5.41) is 3.83. The highest BCUT2D eigenvalue weighted by Crippen LogP contribution is 2.33. The molecule has 148 valence electrons. The average Bonchev–Trinajstić information content (AvgIpc) is 2.74. The lowest BCUT2D eigenvalue weighted by molar-refractivity contribution is 0.371. The second-order valence-electron chi connectivity index (χ2n) is 7.34. The van der Waals surface area contributed by atoms with Crippen molar-refractivity contribution in [3.63, 3.8) is 0 Å². The first-order chi connectivity index (χ1) is 14.4. The maximum atomic E-state index is 3.83. The topological polar surface area (TPSA) is 12.0 Å². The molecule has 1 aromatic carbocycles. The van der Waals surface area contributed by atoms with Crippen molar-refractivity contribution in [2.45, 2.75) is 31.7 Å². The Balaban J connectivity index is 1.85. The van der Waals surface area contributed by atoms with E-state index in [1.54, 1.807) is 0 Å². The van der Waals surface area contributed by atoms with Crippen LogP contribution in [0.1, 0.15) is 25.7 Å². The van der Waals surface area contributed by atoms with Crippen LogP contribution in [0.25, 0.3) is 0 Å². The zero-order valence-corrected chi connectivity index (χ0v) is 17.0. The summed E-state index contributed by atoms with van der Waals surface area (Å²) >= 11 is 0. The van der Waals surface area contributed by atoms with E-state index in [0.717, 1.165) is 0 Å². The monoisotopic (exact) mass is 381 g/mol. The van der Waals surface area contributed by atoms with E-state index in [0.29, 0.717) is 12.0 Å². The van der Waals surface area contributed by atoms with Crippen molar-refractivity contribution < 1.29 is 0 Å². The van der Waals surface area contributed by atoms with Crippen LogP contribution in [0.3, 0.4) is 0 Å². The van der Waals surface area contributed by atoms with Crippen LogP contribution in [-0.4, -0.2) is 6.04 Å². The maximum Gasteiger partial charge on any atom is 0.0342 e. The van der Waals surface area contributed by atoms with Gasteiger partial charge in [0.1, 0.15) is 0 Å². The standard InChI is InChI=1S/C28H31N/c1-2-5-9-13-19-25(20-14-10-6-3-1)27-23-17-18-24-28(27)29-26-21-15-11-7-4-8-12-16-22-26/h1-16,19-22,27-29H,17-18,23-24H2/b2-1?,3-1?,5-2?,6-3?,7-4?,8-4?,9-5+,10-6?,11-7?,12-8?,13-9?,14-10-,15-11?,16-12?,19-13-,20-14?,21-15?,22-16?,25-19?,25-20+,26-21?,26-22?. The smallest absolute Gasteiger partial charge is 0.0342 e. The molecule has 0 saturated heterocycles. The third-order valence-electron chi connectivity index (χ3n) is 5.23. The number of hydrogen-bond acceptors (Lipinski definition) is 1. The minimum Gasteiger partial charge on any atom is -0.382 e. The van der Waals surface area contributed by atoms with Crippen LogP contribution in [0, 0.1) is 5.92 Å². The Morgan fingerprint density at radius 1 is 0.586 bits per heavy atom. The summed E-state index contributed by atoms with van der Waals surface area (Å²) in [6.45, 7) is 0. The van der Waals surface area contributed by atoms with E-state index in [1.807, 2.05) is 12.1 Å². The molecule has 2 atom stereocenters. The maximum absolute atomic E-state index is 3.83. The molecule has 1 saturated carbocycles. The highest BCUT2D eigenvalue weighted by molar-refractivity contribution is 5.44. The molecule has 3 rings (SSSR count). The minimum absolute atomic E-state index is 0.437. The van der Waals surface area contributed by atoms with E-state index in [-0.39, 0.29) is 0 Å². The number of anilines is 1. The SMILES string of the molecule is C1=C\C=C/C=C(C2CCCCC2Nc2ccccccccc2)\C=C/C=C/C=C1. The average molecular weight is 382 g/mol. The molecule has 0 bridgehead atoms. The molecule has 29 heavy (non-hydrogen) atoms. The Kier molecular flexibility index (Phi) is 8.84. The molecule has 0 amide bonds. The number of allylic oxidation sites excluding steroid dienone is 11. The van der Waals surface area contributed by atoms with Crippen molar-refractivity contribution >= 4 is 5.69 Å². The molecule has 2 unspecified atom stereocenters. The summed E-state index contributed by atoms with van der Waals surface area (Å²) in [6, 6.07) is 19.3. The molecule has 1 heteroatoms. The van der Waals surface area contributed by atoms with E-state index >= 15 is 0 Å². The van der Waals surface area contributed by atoms with Gasteiger partial charge in [0.2, 0.25) is 0 Å². The molecule has 1 fully saturated rings. The van der Waals surface area contributed by atoms with Crippen LogP contribution in [-0.2, 0) is 0 Å². The Bertz CT molecular complexity index is 840. The molecule has 2 aliphatic rings. The molecule has 0 spiro atoms. The van der Waals surface area contributed by atoms with Gasteiger partial charge in [-0.1, -0.05) is 122 Å². The van der Waals surface area contributed by atoms with Gasteiger partial charge in [-0.05, 0) is 30.5 Å². The van der Waals surface area contributed by atoms with E-state index in [9.17, 15) is 0 Å². The molecular weight excluding hydrogens is 350 g/mol. The Labute approximate surface area is 175 Å². The van der Waals surface area contributed by atoms with Crippen LogP contribution < -0.4 is 5.32 Å². The molecular formula is C28H31N. The van der Waals surface area contributed by atoms with Gasteiger partial charge in [0, 0.05) is 17.6 Å². The van der Waals surface area contributed by atoms with Crippen molar-refractivity contribution in [2.75, 3.05) is 5.32 Å². The normalized spacial score (nSPS) is 26.6. The van der Waals surface area contributed by atoms with Gasteiger partial charge in [-0.2, -0.15) is 0 Å². The predicted octanol–water partition coefficient (Wildman–Crippen LogP) is 7.50. The summed E-state index contributed by atoms with van der Waals surface area (Å²) in [5.41, 5.74) is 2.56. The second-order valence-corrected chi connectivity index (χ2v) is 7.34. The Morgan fingerprint density at radius 3 is 1.83 bits per heavy atom. The zero-order chi connectivity index (χ0) is 20.0. The third-order valence-corrected chi connectivity index (χ3v) is 5.23. The number of nitrogens with one attached hydrogen (secondary N) is 1. The van der Waals surface area contributed by atoms with Gasteiger partial charge in [0.05, 0.1) is 0 Å². The number of hydrogen-bond donors (Lipinski definition) is 1. The van der Waals surface area contributed by atoms with Crippen LogP contribution >= 0.6 is 0 Å². The van der Waals surface area contributed by atoms with Gasteiger partial charge in [0.15, 0.2) is 0 Å². The molecule has 1 N–H and O–H groups in total. The van der Waals surface area contributed by atoms with Gasteiger partial charge in [-0.15, -0.1) is 0 Å². The molecule has 0 radical (unpaired) electrons. The highest BCUT2D eigenvalue weighted by atomic mass is 14.9. The molecule has 1 aromatic rings. The van der Waals surface area contributed by atoms with Gasteiger partial charge < -0.3 is 5.32 Å². The van der Waals surface area contributed by atoms with E-state index in [2.05, 4.69) is 115 Å². The van der Waals surface area contributed by atoms with Crippen LogP contribution in [0.4, 0.5) is 5.69 Å². The fourth-order valence-electron chi connectivity index (χ4n) is 3.79. The first-order valence-electron chi connectivity index (χ1n) is 10.6. The van der Waals surface area contributed by atoms with Gasteiger partial charge in [-0.3, -0.25) is 0 Å². The lowest BCUT2D eigenvalue weighted by Gasteiger charge is -2.34. The Morgan fingerprint density at radius 2 is 1.14 bits per heavy atom. The summed E-state index contributed by atoms with van der Waals surface area (Å²) in [7, 11) is 0. The van der Waals surface area contributed by atoms with Crippen molar-refractivity contribution in [1.82, 2.24) is 0 Å². The fourth-order valence-corrected chi connectivity index (χ4v) is 3.79. The second kappa shape index (κ2) is 12.4. The summed E-state index contributed by atoms with van der Waals surface area (Å²) in [4.78, 5) is 0.